The van der Waals surface area contributed by atoms with Crippen molar-refractivity contribution in [2.75, 3.05) is 19.0 Å². The summed E-state index contributed by atoms with van der Waals surface area (Å²) in [4.78, 5) is 0. The van der Waals surface area contributed by atoms with E-state index in [1.807, 2.05) is 24.3 Å². The zero-order valence-corrected chi connectivity index (χ0v) is 14.7. The van der Waals surface area contributed by atoms with E-state index in [0.29, 0.717) is 12.1 Å². The van der Waals surface area contributed by atoms with Gasteiger partial charge in [-0.3, -0.25) is 0 Å². The topological polar surface area (TPSA) is 39.1 Å². The minimum absolute atomic E-state index is 0.597. The largest absolute Gasteiger partial charge is 0.496 e. The molecule has 3 aromatic rings. The first kappa shape index (κ1) is 17.5. The third kappa shape index (κ3) is 3.25. The Labute approximate surface area is 154 Å². The van der Waals surface area contributed by atoms with Gasteiger partial charge in [0.15, 0.2) is 0 Å². The van der Waals surface area contributed by atoms with Gasteiger partial charge in [0.05, 0.1) is 24.1 Å². The number of nitrogens with one attached hydrogen (secondary N) is 1. The van der Waals surface area contributed by atoms with E-state index in [-0.39, 0.29) is 0 Å². The zero-order valence-electron chi connectivity index (χ0n) is 14.7. The van der Waals surface area contributed by atoms with Gasteiger partial charge >= 0.3 is 6.18 Å². The van der Waals surface area contributed by atoms with Crippen LogP contribution in [0.25, 0.3) is 5.69 Å². The second-order valence-corrected chi connectivity index (χ2v) is 6.40. The van der Waals surface area contributed by atoms with Crippen LogP contribution >= 0.6 is 0 Å². The number of benzene rings is 2. The first-order valence-electron chi connectivity index (χ1n) is 8.61. The molecule has 1 aromatic heterocycles. The van der Waals surface area contributed by atoms with Crippen molar-refractivity contribution in [2.45, 2.75) is 19.0 Å². The minimum Gasteiger partial charge on any atom is -0.496 e. The molecule has 4 rings (SSSR count). The highest BCUT2D eigenvalue weighted by atomic mass is 19.4. The Kier molecular flexibility index (Phi) is 4.30. The van der Waals surface area contributed by atoms with Gasteiger partial charge in [-0.05, 0) is 36.8 Å². The molecule has 7 heteroatoms. The number of para-hydroxylation sites is 1. The fourth-order valence-corrected chi connectivity index (χ4v) is 3.40. The third-order valence-electron chi connectivity index (χ3n) is 4.72. The van der Waals surface area contributed by atoms with Crippen molar-refractivity contribution in [3.63, 3.8) is 0 Å². The lowest BCUT2D eigenvalue weighted by Gasteiger charge is -2.10. The van der Waals surface area contributed by atoms with Crippen LogP contribution in [-0.4, -0.2) is 23.4 Å². The summed E-state index contributed by atoms with van der Waals surface area (Å²) < 4.78 is 45.5. The average Bonchev–Trinajstić information content (AvgIpc) is 3.25. The predicted molar refractivity (Wildman–Crippen MR) is 96.6 cm³/mol. The molecule has 140 valence electrons. The van der Waals surface area contributed by atoms with Gasteiger partial charge in [-0.1, -0.05) is 18.2 Å². The Bertz CT molecular complexity index is 962. The maximum absolute atomic E-state index is 12.8. The number of anilines is 1. The molecule has 27 heavy (non-hydrogen) atoms. The molecular weight excluding hydrogens is 355 g/mol. The SMILES string of the molecule is COc1ccccc1Cc1nn(-c2ccc(C(F)(F)F)cc2)c2c1CCN2. The summed E-state index contributed by atoms with van der Waals surface area (Å²) in [7, 11) is 1.63. The van der Waals surface area contributed by atoms with E-state index in [2.05, 4.69) is 10.4 Å². The predicted octanol–water partition coefficient (Wildman–Crippen LogP) is 4.46. The van der Waals surface area contributed by atoms with Crippen LogP contribution in [0.4, 0.5) is 19.0 Å². The molecule has 2 aromatic carbocycles. The molecule has 1 aliphatic rings. The van der Waals surface area contributed by atoms with Gasteiger partial charge in [-0.2, -0.15) is 18.3 Å². The highest BCUT2D eigenvalue weighted by Crippen LogP contribution is 2.33. The van der Waals surface area contributed by atoms with Crippen LogP contribution in [0.15, 0.2) is 48.5 Å². The lowest BCUT2D eigenvalue weighted by molar-refractivity contribution is -0.137. The lowest BCUT2D eigenvalue weighted by Crippen LogP contribution is -2.07. The van der Waals surface area contributed by atoms with Gasteiger partial charge in [-0.15, -0.1) is 0 Å². The van der Waals surface area contributed by atoms with Crippen LogP contribution < -0.4 is 10.1 Å². The summed E-state index contributed by atoms with van der Waals surface area (Å²) in [5.41, 5.74) is 2.95. The number of rotatable bonds is 4. The van der Waals surface area contributed by atoms with Gasteiger partial charge in [-0.25, -0.2) is 4.68 Å². The monoisotopic (exact) mass is 373 g/mol. The minimum atomic E-state index is -4.35. The molecule has 0 unspecified atom stereocenters. The number of nitrogens with zero attached hydrogens (tertiary/aromatic N) is 2. The second-order valence-electron chi connectivity index (χ2n) is 6.40. The Morgan fingerprint density at radius 2 is 1.85 bits per heavy atom. The molecule has 0 aliphatic carbocycles. The molecule has 0 radical (unpaired) electrons. The van der Waals surface area contributed by atoms with Crippen LogP contribution in [0, 0.1) is 0 Å². The van der Waals surface area contributed by atoms with Crippen molar-refractivity contribution in [3.8, 4) is 11.4 Å². The van der Waals surface area contributed by atoms with E-state index in [1.54, 1.807) is 11.8 Å². The zero-order chi connectivity index (χ0) is 19.0. The maximum atomic E-state index is 12.8. The van der Waals surface area contributed by atoms with E-state index in [4.69, 9.17) is 4.74 Å². The second kappa shape index (κ2) is 6.64. The van der Waals surface area contributed by atoms with E-state index in [1.165, 1.54) is 12.1 Å². The smallest absolute Gasteiger partial charge is 0.416 e. The third-order valence-corrected chi connectivity index (χ3v) is 4.72. The van der Waals surface area contributed by atoms with Crippen molar-refractivity contribution in [3.05, 3.63) is 70.9 Å². The number of ether oxygens (including phenoxy) is 1. The van der Waals surface area contributed by atoms with Crippen LogP contribution in [0.2, 0.25) is 0 Å². The Hall–Kier alpha value is -2.96. The van der Waals surface area contributed by atoms with Gasteiger partial charge in [0.2, 0.25) is 0 Å². The van der Waals surface area contributed by atoms with E-state index in [0.717, 1.165) is 53.5 Å². The summed E-state index contributed by atoms with van der Waals surface area (Å²) >= 11 is 0. The van der Waals surface area contributed by atoms with Crippen molar-refractivity contribution in [2.24, 2.45) is 0 Å². The molecule has 0 fully saturated rings. The van der Waals surface area contributed by atoms with Crippen LogP contribution in [-0.2, 0) is 19.0 Å². The first-order chi connectivity index (χ1) is 13.0. The quantitative estimate of drug-likeness (QED) is 0.734. The van der Waals surface area contributed by atoms with Crippen LogP contribution in [0.1, 0.15) is 22.4 Å². The summed E-state index contributed by atoms with van der Waals surface area (Å²) in [6, 6.07) is 12.8. The number of fused-ring (bicyclic) bond motifs is 1. The van der Waals surface area contributed by atoms with Gasteiger partial charge < -0.3 is 10.1 Å². The van der Waals surface area contributed by atoms with Crippen molar-refractivity contribution in [1.29, 1.82) is 0 Å². The van der Waals surface area contributed by atoms with E-state index < -0.39 is 11.7 Å². The molecular formula is C20H18F3N3O. The number of aromatic nitrogens is 2. The molecule has 2 heterocycles. The van der Waals surface area contributed by atoms with Gasteiger partial charge in [0.25, 0.3) is 0 Å². The van der Waals surface area contributed by atoms with Crippen LogP contribution in [0.3, 0.4) is 0 Å². The van der Waals surface area contributed by atoms with Gasteiger partial charge in [0.1, 0.15) is 11.6 Å². The molecule has 0 spiro atoms. The standard InChI is InChI=1S/C20H18F3N3O/c1-27-18-5-3-2-4-13(18)12-17-16-10-11-24-19(16)26(25-17)15-8-6-14(7-9-15)20(21,22)23/h2-9,24H,10-12H2,1H3. The summed E-state index contributed by atoms with van der Waals surface area (Å²) in [6.07, 6.45) is -2.92. The van der Waals surface area contributed by atoms with E-state index >= 15 is 0 Å². The number of hydrogen-bond acceptors (Lipinski definition) is 3. The number of alkyl halides is 3. The Morgan fingerprint density at radius 3 is 2.56 bits per heavy atom. The molecule has 4 nitrogen and oxygen atoms in total. The molecule has 0 amide bonds. The van der Waals surface area contributed by atoms with Gasteiger partial charge in [0, 0.05) is 24.1 Å². The molecule has 0 atom stereocenters. The Balaban J connectivity index is 1.71. The lowest BCUT2D eigenvalue weighted by atomic mass is 10.0. The number of halogens is 3. The number of methoxy groups -OCH3 is 1. The van der Waals surface area contributed by atoms with Crippen LogP contribution in [0.5, 0.6) is 5.75 Å². The average molecular weight is 373 g/mol. The van der Waals surface area contributed by atoms with Crippen molar-refractivity contribution in [1.82, 2.24) is 9.78 Å². The Morgan fingerprint density at radius 1 is 1.11 bits per heavy atom. The first-order valence-corrected chi connectivity index (χ1v) is 8.61. The maximum Gasteiger partial charge on any atom is 0.416 e. The fourth-order valence-electron chi connectivity index (χ4n) is 3.40. The fraction of sp³-hybridized carbons (Fsp3) is 0.250. The highest BCUT2D eigenvalue weighted by Gasteiger charge is 2.30. The summed E-state index contributed by atoms with van der Waals surface area (Å²) in [6.45, 7) is 0.784. The molecule has 0 bridgehead atoms. The molecule has 1 aliphatic heterocycles. The molecule has 1 N–H and O–H groups in total. The summed E-state index contributed by atoms with van der Waals surface area (Å²) in [5, 5.41) is 7.98. The molecule has 0 saturated heterocycles. The summed E-state index contributed by atoms with van der Waals surface area (Å²) in [5.74, 6) is 1.64. The molecule has 0 saturated carbocycles. The normalized spacial score (nSPS) is 13.3. The van der Waals surface area contributed by atoms with Crippen molar-refractivity contribution >= 4 is 5.82 Å². The highest BCUT2D eigenvalue weighted by molar-refractivity contribution is 5.58. The van der Waals surface area contributed by atoms with E-state index in [9.17, 15) is 13.2 Å². The van der Waals surface area contributed by atoms with Crippen molar-refractivity contribution < 1.29 is 17.9 Å². The number of hydrogen-bond donors (Lipinski definition) is 1.